The van der Waals surface area contributed by atoms with Gasteiger partial charge in [0.15, 0.2) is 5.78 Å². The maximum atomic E-state index is 13.7. The molecule has 1 aliphatic carbocycles. The van der Waals surface area contributed by atoms with Gasteiger partial charge in [-0.1, -0.05) is 59.2 Å². The van der Waals surface area contributed by atoms with Gasteiger partial charge >= 0.3 is 5.97 Å². The van der Waals surface area contributed by atoms with Crippen molar-refractivity contribution in [1.82, 2.24) is 10.0 Å². The van der Waals surface area contributed by atoms with E-state index >= 15 is 0 Å². The fourth-order valence-corrected chi connectivity index (χ4v) is 5.93. The van der Waals surface area contributed by atoms with Crippen molar-refractivity contribution in [3.8, 4) is 5.75 Å². The highest BCUT2D eigenvalue weighted by Gasteiger charge is 2.51. The Morgan fingerprint density at radius 1 is 0.762 bits per heavy atom. The molecule has 0 spiro atoms. The van der Waals surface area contributed by atoms with Gasteiger partial charge in [-0.25, -0.2) is 9.80 Å². The van der Waals surface area contributed by atoms with Crippen molar-refractivity contribution >= 4 is 75.9 Å². The van der Waals surface area contributed by atoms with Crippen molar-refractivity contribution in [2.75, 3.05) is 6.54 Å². The minimum Gasteiger partial charge on any atom is -0.423 e. The van der Waals surface area contributed by atoms with Crippen LogP contribution in [0.15, 0.2) is 60.7 Å². The molecule has 3 aromatic carbocycles. The van der Waals surface area contributed by atoms with Gasteiger partial charge in [0, 0.05) is 16.1 Å². The van der Waals surface area contributed by atoms with E-state index in [2.05, 4.69) is 0 Å². The van der Waals surface area contributed by atoms with Crippen LogP contribution in [0.25, 0.3) is 0 Å². The van der Waals surface area contributed by atoms with Gasteiger partial charge < -0.3 is 4.74 Å². The summed E-state index contributed by atoms with van der Waals surface area (Å²) in [4.78, 5) is 66.3. The van der Waals surface area contributed by atoms with Gasteiger partial charge in [-0.3, -0.25) is 19.2 Å². The maximum absolute atomic E-state index is 13.7. The Labute approximate surface area is 261 Å². The van der Waals surface area contributed by atoms with Crippen LogP contribution in [-0.4, -0.2) is 46.0 Å². The van der Waals surface area contributed by atoms with E-state index in [-0.39, 0.29) is 37.5 Å². The average molecular weight is 648 g/mol. The zero-order chi connectivity index (χ0) is 30.1. The molecule has 216 valence electrons. The second-order valence-corrected chi connectivity index (χ2v) is 11.6. The summed E-state index contributed by atoms with van der Waals surface area (Å²) in [5.74, 6) is -3.97. The number of fused-ring (bicyclic) bond motifs is 1. The number of Topliss-reactive ketones (excluding diaryl/α,β-unsaturated/α-hetero) is 1. The minimum atomic E-state index is -0.757. The summed E-state index contributed by atoms with van der Waals surface area (Å²) in [6, 6.07) is 14.1. The Balaban J connectivity index is 1.38. The second-order valence-electron chi connectivity index (χ2n) is 9.94. The molecule has 2 aliphatic rings. The van der Waals surface area contributed by atoms with Gasteiger partial charge in [0.2, 0.25) is 0 Å². The van der Waals surface area contributed by atoms with Crippen molar-refractivity contribution < 1.29 is 28.7 Å². The SMILES string of the molecule is O=C(CN(C(=O)c1ccc(Cl)c(Cl)c1)N1C(=O)[C@H]2CCCC[C@H]2C1=O)c1ccc(OC(=O)c2ccc(Cl)cc2Cl)cc1. The molecule has 2 atom stereocenters. The quantitative estimate of drug-likeness (QED) is 0.119. The lowest BCUT2D eigenvalue weighted by molar-refractivity contribution is -0.154. The molecular formula is C30H22Cl4N2O6. The van der Waals surface area contributed by atoms with Crippen LogP contribution in [0.2, 0.25) is 20.1 Å². The van der Waals surface area contributed by atoms with E-state index in [1.54, 1.807) is 0 Å². The van der Waals surface area contributed by atoms with Gasteiger partial charge in [-0.15, -0.1) is 0 Å². The average Bonchev–Trinajstić information content (AvgIpc) is 3.22. The molecule has 0 radical (unpaired) electrons. The van der Waals surface area contributed by atoms with Crippen LogP contribution < -0.4 is 4.74 Å². The summed E-state index contributed by atoms with van der Waals surface area (Å²) in [5, 5.41) is 2.50. The van der Waals surface area contributed by atoms with Crippen LogP contribution >= 0.6 is 46.4 Å². The Bertz CT molecular complexity index is 1590. The third-order valence-corrected chi connectivity index (χ3v) is 8.58. The lowest BCUT2D eigenvalue weighted by Crippen LogP contribution is -2.52. The largest absolute Gasteiger partial charge is 0.423 e. The topological polar surface area (TPSA) is 101 Å². The van der Waals surface area contributed by atoms with E-state index in [0.717, 1.165) is 22.9 Å². The fraction of sp³-hybridized carbons (Fsp3) is 0.233. The molecule has 0 unspecified atom stereocenters. The Morgan fingerprint density at radius 3 is 1.98 bits per heavy atom. The van der Waals surface area contributed by atoms with Crippen molar-refractivity contribution in [3.63, 3.8) is 0 Å². The molecule has 1 saturated carbocycles. The van der Waals surface area contributed by atoms with Crippen LogP contribution in [0.5, 0.6) is 5.75 Å². The summed E-state index contributed by atoms with van der Waals surface area (Å²) < 4.78 is 5.35. The zero-order valence-electron chi connectivity index (χ0n) is 21.8. The summed E-state index contributed by atoms with van der Waals surface area (Å²) in [5.41, 5.74) is 0.316. The number of amides is 3. The number of carbonyl (C=O) groups excluding carboxylic acids is 5. The van der Waals surface area contributed by atoms with Crippen molar-refractivity contribution in [2.45, 2.75) is 25.7 Å². The predicted molar refractivity (Wildman–Crippen MR) is 157 cm³/mol. The molecule has 1 aliphatic heterocycles. The smallest absolute Gasteiger partial charge is 0.345 e. The van der Waals surface area contributed by atoms with E-state index in [4.69, 9.17) is 51.1 Å². The molecule has 8 nitrogen and oxygen atoms in total. The standard InChI is InChI=1S/C30H22Cl4N2O6/c31-18-8-11-22(24(33)14-18)30(41)42-19-9-5-16(6-10-19)26(37)15-35(27(38)17-7-12-23(32)25(34)13-17)36-28(39)20-3-1-2-4-21(20)29(36)40/h5-14,20-21H,1-4,15H2/t20-,21+. The zero-order valence-corrected chi connectivity index (χ0v) is 24.8. The van der Waals surface area contributed by atoms with E-state index < -0.39 is 47.9 Å². The summed E-state index contributed by atoms with van der Waals surface area (Å²) >= 11 is 24.1. The number of ketones is 1. The normalized spacial score (nSPS) is 18.0. The molecule has 0 aromatic heterocycles. The van der Waals surface area contributed by atoms with Crippen LogP contribution in [0.4, 0.5) is 0 Å². The number of imide groups is 1. The second kappa shape index (κ2) is 12.4. The first-order chi connectivity index (χ1) is 20.0. The number of carbonyl (C=O) groups is 5. The fourth-order valence-electron chi connectivity index (χ4n) is 5.15. The number of hydrogen-bond donors (Lipinski definition) is 0. The van der Waals surface area contributed by atoms with E-state index in [1.807, 2.05) is 0 Å². The van der Waals surface area contributed by atoms with E-state index in [9.17, 15) is 24.0 Å². The van der Waals surface area contributed by atoms with Gasteiger partial charge in [-0.05, 0) is 73.5 Å². The maximum Gasteiger partial charge on any atom is 0.345 e. The lowest BCUT2D eigenvalue weighted by Gasteiger charge is -2.30. The molecule has 3 aromatic rings. The number of benzene rings is 3. The molecule has 12 heteroatoms. The molecule has 42 heavy (non-hydrogen) atoms. The molecule has 3 amide bonds. The van der Waals surface area contributed by atoms with E-state index in [1.165, 1.54) is 60.7 Å². The molecule has 0 bridgehead atoms. The molecule has 0 N–H and O–H groups in total. The van der Waals surface area contributed by atoms with Gasteiger partial charge in [0.25, 0.3) is 17.7 Å². The highest BCUT2D eigenvalue weighted by Crippen LogP contribution is 2.39. The van der Waals surface area contributed by atoms with Gasteiger partial charge in [0.1, 0.15) is 12.3 Å². The predicted octanol–water partition coefficient (Wildman–Crippen LogP) is 6.93. The van der Waals surface area contributed by atoms with Gasteiger partial charge in [0.05, 0.1) is 32.5 Å². The summed E-state index contributed by atoms with van der Waals surface area (Å²) in [7, 11) is 0. The Morgan fingerprint density at radius 2 is 1.38 bits per heavy atom. The first-order valence-corrected chi connectivity index (χ1v) is 14.5. The Kier molecular flexibility index (Phi) is 8.89. The molecule has 2 fully saturated rings. The van der Waals surface area contributed by atoms with Crippen LogP contribution in [0.1, 0.15) is 56.8 Å². The monoisotopic (exact) mass is 646 g/mol. The molecule has 1 saturated heterocycles. The van der Waals surface area contributed by atoms with Crippen LogP contribution in [0, 0.1) is 11.8 Å². The van der Waals surface area contributed by atoms with Crippen molar-refractivity contribution in [2.24, 2.45) is 11.8 Å². The molecular weight excluding hydrogens is 626 g/mol. The summed E-state index contributed by atoms with van der Waals surface area (Å²) in [6.45, 7) is -0.602. The number of hydrogen-bond acceptors (Lipinski definition) is 6. The third kappa shape index (κ3) is 6.03. The molecule has 1 heterocycles. The Hall–Kier alpha value is -3.43. The third-order valence-electron chi connectivity index (χ3n) is 7.29. The lowest BCUT2D eigenvalue weighted by atomic mass is 9.81. The highest BCUT2D eigenvalue weighted by atomic mass is 35.5. The number of nitrogens with zero attached hydrogens (tertiary/aromatic N) is 2. The van der Waals surface area contributed by atoms with Gasteiger partial charge in [-0.2, -0.15) is 5.01 Å². The number of esters is 1. The first kappa shape index (κ1) is 30.0. The minimum absolute atomic E-state index is 0.0517. The molecule has 5 rings (SSSR count). The summed E-state index contributed by atoms with van der Waals surface area (Å²) in [6.07, 6.45) is 2.68. The highest BCUT2D eigenvalue weighted by molar-refractivity contribution is 6.42. The van der Waals surface area contributed by atoms with Crippen molar-refractivity contribution in [3.05, 3.63) is 97.4 Å². The van der Waals surface area contributed by atoms with E-state index in [0.29, 0.717) is 17.9 Å². The number of halogens is 4. The number of rotatable bonds is 7. The number of hydrazine groups is 1. The van der Waals surface area contributed by atoms with Crippen LogP contribution in [0.3, 0.4) is 0 Å². The first-order valence-electron chi connectivity index (χ1n) is 13.0. The number of ether oxygens (including phenoxy) is 1. The van der Waals surface area contributed by atoms with Crippen molar-refractivity contribution in [1.29, 1.82) is 0 Å². The van der Waals surface area contributed by atoms with Crippen LogP contribution in [-0.2, 0) is 9.59 Å².